The van der Waals surface area contributed by atoms with Crippen molar-refractivity contribution >= 4 is 0 Å². The van der Waals surface area contributed by atoms with Crippen molar-refractivity contribution in [1.82, 2.24) is 0 Å². The summed E-state index contributed by atoms with van der Waals surface area (Å²) in [5, 5.41) is 0. The van der Waals surface area contributed by atoms with Crippen molar-refractivity contribution in [2.24, 2.45) is 0 Å². The van der Waals surface area contributed by atoms with Gasteiger partial charge < -0.3 is 0 Å². The van der Waals surface area contributed by atoms with E-state index in [1.54, 1.807) is 0 Å². The summed E-state index contributed by atoms with van der Waals surface area (Å²) in [6, 6.07) is 0. The highest BCUT2D eigenvalue weighted by atomic mass is 14.0. The fourth-order valence-corrected chi connectivity index (χ4v) is 0.697. The van der Waals surface area contributed by atoms with Gasteiger partial charge in [-0.1, -0.05) is 22.8 Å². The quantitative estimate of drug-likeness (QED) is 0.510. The minimum atomic E-state index is 1.14. The summed E-state index contributed by atoms with van der Waals surface area (Å²) in [5.74, 6) is 0. The molecule has 0 aliphatic rings. The SMILES string of the molecule is CC=C(C)CC(C)=C(C)C. The Morgan fingerprint density at radius 3 is 1.90 bits per heavy atom. The summed E-state index contributed by atoms with van der Waals surface area (Å²) in [6.45, 7) is 10.8. The maximum atomic E-state index is 2.20. The van der Waals surface area contributed by atoms with E-state index >= 15 is 0 Å². The van der Waals surface area contributed by atoms with Gasteiger partial charge in [-0.3, -0.25) is 0 Å². The van der Waals surface area contributed by atoms with Crippen molar-refractivity contribution in [3.8, 4) is 0 Å². The maximum absolute atomic E-state index is 2.20. The summed E-state index contributed by atoms with van der Waals surface area (Å²) in [7, 11) is 0. The second kappa shape index (κ2) is 4.32. The number of allylic oxidation sites excluding steroid dienone is 4. The topological polar surface area (TPSA) is 0 Å². The Labute approximate surface area is 64.6 Å². The van der Waals surface area contributed by atoms with E-state index in [2.05, 4.69) is 40.7 Å². The molecule has 0 rings (SSSR count). The van der Waals surface area contributed by atoms with E-state index in [0.29, 0.717) is 0 Å². The highest BCUT2D eigenvalue weighted by molar-refractivity contribution is 5.15. The largest absolute Gasteiger partial charge is 0.0884 e. The van der Waals surface area contributed by atoms with E-state index < -0.39 is 0 Å². The molecular weight excluding hydrogens is 120 g/mol. The normalized spacial score (nSPS) is 11.5. The Balaban J connectivity index is 4.05. The van der Waals surface area contributed by atoms with Crippen LogP contribution in [0.1, 0.15) is 41.0 Å². The van der Waals surface area contributed by atoms with Gasteiger partial charge in [-0.2, -0.15) is 0 Å². The predicted octanol–water partition coefficient (Wildman–Crippen LogP) is 3.70. The molecule has 0 amide bonds. The molecule has 0 aliphatic heterocycles. The molecule has 0 bridgehead atoms. The van der Waals surface area contributed by atoms with Crippen LogP contribution in [-0.4, -0.2) is 0 Å². The molecule has 0 heteroatoms. The van der Waals surface area contributed by atoms with Crippen LogP contribution in [0.2, 0.25) is 0 Å². The lowest BCUT2D eigenvalue weighted by Gasteiger charge is -2.02. The number of hydrogen-bond acceptors (Lipinski definition) is 0. The molecule has 0 spiro atoms. The van der Waals surface area contributed by atoms with Crippen molar-refractivity contribution in [1.29, 1.82) is 0 Å². The Hall–Kier alpha value is -0.520. The van der Waals surface area contributed by atoms with Crippen LogP contribution in [0.15, 0.2) is 22.8 Å². The number of rotatable bonds is 2. The minimum Gasteiger partial charge on any atom is -0.0884 e. The zero-order chi connectivity index (χ0) is 8.15. The smallest absolute Gasteiger partial charge is 0.0112 e. The molecule has 0 saturated heterocycles. The van der Waals surface area contributed by atoms with Gasteiger partial charge in [0.15, 0.2) is 0 Å². The van der Waals surface area contributed by atoms with E-state index in [-0.39, 0.29) is 0 Å². The summed E-state index contributed by atoms with van der Waals surface area (Å²) in [6.07, 6.45) is 3.31. The third kappa shape index (κ3) is 3.49. The van der Waals surface area contributed by atoms with Crippen LogP contribution in [0, 0.1) is 0 Å². The summed E-state index contributed by atoms with van der Waals surface area (Å²) < 4.78 is 0. The first-order valence-electron chi connectivity index (χ1n) is 3.82. The van der Waals surface area contributed by atoms with Gasteiger partial charge in [-0.25, -0.2) is 0 Å². The molecule has 0 aromatic carbocycles. The average Bonchev–Trinajstić information content (AvgIpc) is 1.87. The van der Waals surface area contributed by atoms with Crippen molar-refractivity contribution < 1.29 is 0 Å². The molecule has 0 atom stereocenters. The molecule has 0 aliphatic carbocycles. The van der Waals surface area contributed by atoms with Gasteiger partial charge in [0.2, 0.25) is 0 Å². The number of hydrogen-bond donors (Lipinski definition) is 0. The zero-order valence-electron chi connectivity index (χ0n) is 7.78. The van der Waals surface area contributed by atoms with Crippen LogP contribution in [0.4, 0.5) is 0 Å². The summed E-state index contributed by atoms with van der Waals surface area (Å²) in [5.41, 5.74) is 4.40. The van der Waals surface area contributed by atoms with Crippen molar-refractivity contribution in [3.05, 3.63) is 22.8 Å². The predicted molar refractivity (Wildman–Crippen MR) is 48.1 cm³/mol. The van der Waals surface area contributed by atoms with Gasteiger partial charge in [0.25, 0.3) is 0 Å². The standard InChI is InChI=1S/C10H18/c1-6-9(4)7-10(5)8(2)3/h6H,7H2,1-5H3. The van der Waals surface area contributed by atoms with E-state index in [1.807, 2.05) is 0 Å². The highest BCUT2D eigenvalue weighted by Gasteiger charge is 1.92. The molecule has 0 saturated carbocycles. The average molecular weight is 138 g/mol. The van der Waals surface area contributed by atoms with Crippen LogP contribution >= 0.6 is 0 Å². The van der Waals surface area contributed by atoms with Crippen LogP contribution in [0.3, 0.4) is 0 Å². The van der Waals surface area contributed by atoms with Gasteiger partial charge in [0.05, 0.1) is 0 Å². The van der Waals surface area contributed by atoms with Gasteiger partial charge >= 0.3 is 0 Å². The van der Waals surface area contributed by atoms with Crippen LogP contribution in [-0.2, 0) is 0 Å². The third-order valence-electron chi connectivity index (χ3n) is 1.89. The molecule has 0 fully saturated rings. The van der Waals surface area contributed by atoms with E-state index in [4.69, 9.17) is 0 Å². The summed E-state index contributed by atoms with van der Waals surface area (Å²) in [4.78, 5) is 0. The maximum Gasteiger partial charge on any atom is -0.0112 e. The lowest BCUT2D eigenvalue weighted by atomic mass is 10.0. The monoisotopic (exact) mass is 138 g/mol. The van der Waals surface area contributed by atoms with Crippen LogP contribution < -0.4 is 0 Å². The first kappa shape index (κ1) is 9.48. The molecule has 0 aromatic heterocycles. The van der Waals surface area contributed by atoms with E-state index in [1.165, 1.54) is 16.7 Å². The van der Waals surface area contributed by atoms with Gasteiger partial charge in [-0.15, -0.1) is 0 Å². The fraction of sp³-hybridized carbons (Fsp3) is 0.600. The molecule has 10 heavy (non-hydrogen) atoms. The molecule has 0 radical (unpaired) electrons. The lowest BCUT2D eigenvalue weighted by Crippen LogP contribution is -1.82. The molecule has 0 unspecified atom stereocenters. The van der Waals surface area contributed by atoms with E-state index in [9.17, 15) is 0 Å². The fourth-order valence-electron chi connectivity index (χ4n) is 0.697. The van der Waals surface area contributed by atoms with Gasteiger partial charge in [-0.05, 0) is 41.0 Å². The second-order valence-corrected chi connectivity index (χ2v) is 3.09. The molecule has 0 aromatic rings. The van der Waals surface area contributed by atoms with Crippen molar-refractivity contribution in [3.63, 3.8) is 0 Å². The Morgan fingerprint density at radius 2 is 1.60 bits per heavy atom. The Kier molecular flexibility index (Phi) is 4.10. The minimum absolute atomic E-state index is 1.14. The Bertz CT molecular complexity index is 155. The van der Waals surface area contributed by atoms with E-state index in [0.717, 1.165) is 6.42 Å². The van der Waals surface area contributed by atoms with Crippen molar-refractivity contribution in [2.45, 2.75) is 41.0 Å². The third-order valence-corrected chi connectivity index (χ3v) is 1.89. The zero-order valence-corrected chi connectivity index (χ0v) is 7.78. The van der Waals surface area contributed by atoms with Crippen LogP contribution in [0.5, 0.6) is 0 Å². The Morgan fingerprint density at radius 1 is 1.10 bits per heavy atom. The first-order chi connectivity index (χ1) is 4.57. The summed E-state index contributed by atoms with van der Waals surface area (Å²) >= 11 is 0. The molecule has 58 valence electrons. The van der Waals surface area contributed by atoms with Crippen molar-refractivity contribution in [2.75, 3.05) is 0 Å². The molecule has 0 N–H and O–H groups in total. The molecule has 0 nitrogen and oxygen atoms in total. The lowest BCUT2D eigenvalue weighted by molar-refractivity contribution is 1.06. The second-order valence-electron chi connectivity index (χ2n) is 3.09. The van der Waals surface area contributed by atoms with Crippen LogP contribution in [0.25, 0.3) is 0 Å². The van der Waals surface area contributed by atoms with Gasteiger partial charge in [0.1, 0.15) is 0 Å². The van der Waals surface area contributed by atoms with Gasteiger partial charge in [0, 0.05) is 0 Å². The molecular formula is C10H18. The molecule has 0 heterocycles. The first-order valence-corrected chi connectivity index (χ1v) is 3.82. The highest BCUT2D eigenvalue weighted by Crippen LogP contribution is 2.12.